The zero-order chi connectivity index (χ0) is 13.7. The molecule has 0 saturated heterocycles. The highest BCUT2D eigenvalue weighted by molar-refractivity contribution is 6.02. The molecule has 2 rings (SSSR count). The maximum atomic E-state index is 12.7. The van der Waals surface area contributed by atoms with Gasteiger partial charge in [-0.1, -0.05) is 0 Å². The van der Waals surface area contributed by atoms with Crippen molar-refractivity contribution in [3.63, 3.8) is 0 Å². The van der Waals surface area contributed by atoms with Crippen molar-refractivity contribution in [3.05, 3.63) is 33.7 Å². The third-order valence-corrected chi connectivity index (χ3v) is 2.59. The molecule has 96 valence electrons. The van der Waals surface area contributed by atoms with Gasteiger partial charge in [-0.05, 0) is 12.1 Å². The van der Waals surface area contributed by atoms with Crippen molar-refractivity contribution in [1.29, 1.82) is 0 Å². The molecule has 0 aliphatic heterocycles. The monoisotopic (exact) mass is 260 g/mol. The lowest BCUT2D eigenvalue weighted by molar-refractivity contribution is -0.136. The van der Waals surface area contributed by atoms with E-state index in [0.29, 0.717) is 6.07 Å². The smallest absolute Gasteiger partial charge is 0.418 e. The van der Waals surface area contributed by atoms with Crippen molar-refractivity contribution in [3.8, 4) is 0 Å². The van der Waals surface area contributed by atoms with E-state index in [-0.39, 0.29) is 11.1 Å². The van der Waals surface area contributed by atoms with Crippen LogP contribution in [-0.4, -0.2) is 20.6 Å². The SMILES string of the molecule is Cn1c(=O)[nH]c2c(C(F)(F)F)ccc(C(=O)O)c21. The molecule has 0 radical (unpaired) electrons. The first-order chi connectivity index (χ1) is 8.23. The quantitative estimate of drug-likeness (QED) is 0.817. The Balaban J connectivity index is 2.98. The van der Waals surface area contributed by atoms with E-state index in [1.54, 1.807) is 0 Å². The fourth-order valence-electron chi connectivity index (χ4n) is 1.77. The molecule has 0 unspecified atom stereocenters. The van der Waals surface area contributed by atoms with Crippen LogP contribution in [-0.2, 0) is 13.2 Å². The molecule has 5 nitrogen and oxygen atoms in total. The summed E-state index contributed by atoms with van der Waals surface area (Å²) < 4.78 is 39.0. The average molecular weight is 260 g/mol. The summed E-state index contributed by atoms with van der Waals surface area (Å²) in [5, 5.41) is 8.90. The van der Waals surface area contributed by atoms with E-state index in [1.165, 1.54) is 7.05 Å². The second-order valence-corrected chi connectivity index (χ2v) is 3.68. The fourth-order valence-corrected chi connectivity index (χ4v) is 1.77. The van der Waals surface area contributed by atoms with E-state index in [1.807, 2.05) is 4.98 Å². The lowest BCUT2D eigenvalue weighted by Gasteiger charge is -2.09. The molecule has 0 fully saturated rings. The van der Waals surface area contributed by atoms with Gasteiger partial charge in [0, 0.05) is 7.05 Å². The minimum Gasteiger partial charge on any atom is -0.478 e. The third-order valence-electron chi connectivity index (χ3n) is 2.59. The molecule has 0 saturated carbocycles. The van der Waals surface area contributed by atoms with E-state index >= 15 is 0 Å². The second-order valence-electron chi connectivity index (χ2n) is 3.68. The van der Waals surface area contributed by atoms with Crippen molar-refractivity contribution in [2.45, 2.75) is 6.18 Å². The molecule has 0 spiro atoms. The molecule has 18 heavy (non-hydrogen) atoms. The maximum absolute atomic E-state index is 12.7. The van der Waals surface area contributed by atoms with Crippen molar-refractivity contribution in [2.75, 3.05) is 0 Å². The number of halogens is 3. The van der Waals surface area contributed by atoms with Gasteiger partial charge in [-0.25, -0.2) is 9.59 Å². The Morgan fingerprint density at radius 3 is 2.50 bits per heavy atom. The first kappa shape index (κ1) is 12.2. The number of carboxylic acid groups (broad SMARTS) is 1. The summed E-state index contributed by atoms with van der Waals surface area (Å²) in [6.45, 7) is 0. The Morgan fingerprint density at radius 2 is 2.00 bits per heavy atom. The van der Waals surface area contributed by atoms with Gasteiger partial charge in [0.1, 0.15) is 0 Å². The van der Waals surface area contributed by atoms with Gasteiger partial charge in [0.25, 0.3) is 0 Å². The molecule has 1 heterocycles. The number of fused-ring (bicyclic) bond motifs is 1. The van der Waals surface area contributed by atoms with Gasteiger partial charge >= 0.3 is 17.8 Å². The molecule has 2 N–H and O–H groups in total. The van der Waals surface area contributed by atoms with Gasteiger partial charge in [0.05, 0.1) is 22.2 Å². The maximum Gasteiger partial charge on any atom is 0.418 e. The highest BCUT2D eigenvalue weighted by Crippen LogP contribution is 2.34. The molecule has 0 bridgehead atoms. The molecule has 1 aromatic carbocycles. The number of aromatic carboxylic acids is 1. The zero-order valence-corrected chi connectivity index (χ0v) is 9.00. The number of nitrogens with one attached hydrogen (secondary N) is 1. The van der Waals surface area contributed by atoms with Crippen LogP contribution in [0, 0.1) is 0 Å². The van der Waals surface area contributed by atoms with Crippen LogP contribution in [0.4, 0.5) is 13.2 Å². The van der Waals surface area contributed by atoms with Crippen LogP contribution in [0.1, 0.15) is 15.9 Å². The van der Waals surface area contributed by atoms with Crippen molar-refractivity contribution >= 4 is 17.0 Å². The number of carboxylic acids is 1. The predicted octanol–water partition coefficient (Wildman–Crippen LogP) is 1.58. The minimum absolute atomic E-state index is 0.276. The fraction of sp³-hybridized carbons (Fsp3) is 0.200. The van der Waals surface area contributed by atoms with Gasteiger partial charge in [0.15, 0.2) is 0 Å². The van der Waals surface area contributed by atoms with Crippen LogP contribution in [0.25, 0.3) is 11.0 Å². The summed E-state index contributed by atoms with van der Waals surface area (Å²) in [6.07, 6.45) is -4.67. The molecular weight excluding hydrogens is 253 g/mol. The molecule has 8 heteroatoms. The Morgan fingerprint density at radius 1 is 1.39 bits per heavy atom. The van der Waals surface area contributed by atoms with E-state index in [0.717, 1.165) is 10.6 Å². The number of aryl methyl sites for hydroxylation is 1. The van der Waals surface area contributed by atoms with Crippen molar-refractivity contribution in [2.24, 2.45) is 7.05 Å². The summed E-state index contributed by atoms with van der Waals surface area (Å²) in [5.74, 6) is -1.40. The number of aromatic nitrogens is 2. The number of hydrogen-bond acceptors (Lipinski definition) is 2. The Hall–Kier alpha value is -2.25. The Labute approximate surface area is 97.5 Å². The van der Waals surface area contributed by atoms with Crippen LogP contribution in [0.3, 0.4) is 0 Å². The minimum atomic E-state index is -4.67. The number of hydrogen-bond donors (Lipinski definition) is 2. The second kappa shape index (κ2) is 3.62. The Bertz CT molecular complexity index is 697. The van der Waals surface area contributed by atoms with Crippen molar-refractivity contribution < 1.29 is 23.1 Å². The summed E-state index contributed by atoms with van der Waals surface area (Å²) in [6, 6.07) is 1.47. The molecule has 0 atom stereocenters. The van der Waals surface area contributed by atoms with Gasteiger partial charge in [-0.15, -0.1) is 0 Å². The standard InChI is InChI=1S/C10H7F3N2O3/c1-15-7-4(8(16)17)2-3-5(10(11,12)13)6(7)14-9(15)18/h2-3H,1H3,(H,14,18)(H,16,17). The number of alkyl halides is 3. The van der Waals surface area contributed by atoms with E-state index < -0.39 is 28.9 Å². The largest absolute Gasteiger partial charge is 0.478 e. The number of benzene rings is 1. The van der Waals surface area contributed by atoms with Gasteiger partial charge in [0.2, 0.25) is 0 Å². The summed E-state index contributed by atoms with van der Waals surface area (Å²) in [5.41, 5.74) is -3.03. The average Bonchev–Trinajstić information content (AvgIpc) is 2.52. The molecular formula is C10H7F3N2O3. The van der Waals surface area contributed by atoms with Crippen LogP contribution in [0.15, 0.2) is 16.9 Å². The number of carbonyl (C=O) groups is 1. The van der Waals surface area contributed by atoms with Gasteiger partial charge in [-0.3, -0.25) is 4.57 Å². The lowest BCUT2D eigenvalue weighted by Crippen LogP contribution is -2.13. The zero-order valence-electron chi connectivity index (χ0n) is 9.00. The summed E-state index contributed by atoms with van der Waals surface area (Å²) in [7, 11) is 1.20. The first-order valence-electron chi connectivity index (χ1n) is 4.75. The van der Waals surface area contributed by atoms with Crippen LogP contribution in [0.2, 0.25) is 0 Å². The van der Waals surface area contributed by atoms with Crippen LogP contribution >= 0.6 is 0 Å². The lowest BCUT2D eigenvalue weighted by atomic mass is 10.1. The van der Waals surface area contributed by atoms with Crippen LogP contribution in [0.5, 0.6) is 0 Å². The highest BCUT2D eigenvalue weighted by atomic mass is 19.4. The summed E-state index contributed by atoms with van der Waals surface area (Å²) >= 11 is 0. The third kappa shape index (κ3) is 1.66. The van der Waals surface area contributed by atoms with E-state index in [4.69, 9.17) is 5.11 Å². The van der Waals surface area contributed by atoms with Crippen molar-refractivity contribution in [1.82, 2.24) is 9.55 Å². The van der Waals surface area contributed by atoms with Gasteiger partial charge in [-0.2, -0.15) is 13.2 Å². The molecule has 0 amide bonds. The van der Waals surface area contributed by atoms with E-state index in [9.17, 15) is 22.8 Å². The predicted molar refractivity (Wildman–Crippen MR) is 55.5 cm³/mol. The number of rotatable bonds is 1. The topological polar surface area (TPSA) is 75.1 Å². The normalized spacial score (nSPS) is 12.0. The number of nitrogens with zero attached hydrogens (tertiary/aromatic N) is 1. The van der Waals surface area contributed by atoms with E-state index in [2.05, 4.69) is 0 Å². The molecule has 1 aromatic heterocycles. The molecule has 0 aliphatic rings. The summed E-state index contributed by atoms with van der Waals surface area (Å²) in [4.78, 5) is 24.3. The number of H-pyrrole nitrogens is 1. The first-order valence-corrected chi connectivity index (χ1v) is 4.75. The number of aromatic amines is 1. The van der Waals surface area contributed by atoms with Gasteiger partial charge < -0.3 is 10.1 Å². The number of imidazole rings is 1. The molecule has 0 aliphatic carbocycles. The highest BCUT2D eigenvalue weighted by Gasteiger charge is 2.35. The Kier molecular flexibility index (Phi) is 2.46. The van der Waals surface area contributed by atoms with Crippen LogP contribution < -0.4 is 5.69 Å². The molecule has 2 aromatic rings.